The average Bonchev–Trinajstić information content (AvgIpc) is 1.92. The van der Waals surface area contributed by atoms with Gasteiger partial charge in [0.1, 0.15) is 0 Å². The third-order valence-corrected chi connectivity index (χ3v) is 3.42. The summed E-state index contributed by atoms with van der Waals surface area (Å²) in [6.07, 6.45) is 3.63. The summed E-state index contributed by atoms with van der Waals surface area (Å²) in [5, 5.41) is 0. The fourth-order valence-corrected chi connectivity index (χ4v) is 2.65. The van der Waals surface area contributed by atoms with Gasteiger partial charge in [-0.1, -0.05) is 53.2 Å². The lowest BCUT2D eigenvalue weighted by Gasteiger charge is -2.18. The average molecular weight is 228 g/mol. The summed E-state index contributed by atoms with van der Waals surface area (Å²) in [5.41, 5.74) is 2.33. The smallest absolute Gasteiger partial charge is 0.00186 e. The molecule has 0 N–H and O–H groups in total. The first-order valence-electron chi connectivity index (χ1n) is 5.86. The van der Waals surface area contributed by atoms with Gasteiger partial charge in [-0.15, -0.1) is 0 Å². The second kappa shape index (κ2) is 5.98. The standard InChI is InChI=1S/C14H28S/c1-12(10-13(2,3)4)8-9-15-11-14(5,6)7/h10H,8-9,11H2,1-7H3/b12-10-. The molecular formula is C14H28S. The fraction of sp³-hybridized carbons (Fsp3) is 0.857. The van der Waals surface area contributed by atoms with E-state index in [1.165, 1.54) is 23.5 Å². The first kappa shape index (κ1) is 15.1. The van der Waals surface area contributed by atoms with Crippen LogP contribution in [0.1, 0.15) is 54.9 Å². The van der Waals surface area contributed by atoms with E-state index in [-0.39, 0.29) is 0 Å². The van der Waals surface area contributed by atoms with Crippen molar-refractivity contribution in [3.63, 3.8) is 0 Å². The van der Waals surface area contributed by atoms with Gasteiger partial charge < -0.3 is 0 Å². The lowest BCUT2D eigenvalue weighted by Crippen LogP contribution is -2.08. The van der Waals surface area contributed by atoms with Gasteiger partial charge in [0.25, 0.3) is 0 Å². The minimum Gasteiger partial charge on any atom is -0.161 e. The van der Waals surface area contributed by atoms with E-state index in [1.807, 2.05) is 0 Å². The zero-order chi connectivity index (χ0) is 12.1. The molecule has 90 valence electrons. The van der Waals surface area contributed by atoms with E-state index in [0.717, 1.165) is 0 Å². The van der Waals surface area contributed by atoms with Crippen LogP contribution in [0.5, 0.6) is 0 Å². The van der Waals surface area contributed by atoms with Crippen molar-refractivity contribution in [2.24, 2.45) is 10.8 Å². The van der Waals surface area contributed by atoms with Crippen LogP contribution < -0.4 is 0 Å². The number of thioether (sulfide) groups is 1. The Kier molecular flexibility index (Phi) is 6.02. The normalized spacial score (nSPS) is 14.5. The van der Waals surface area contributed by atoms with Crippen LogP contribution in [-0.4, -0.2) is 11.5 Å². The Bertz CT molecular complexity index is 200. The van der Waals surface area contributed by atoms with Gasteiger partial charge >= 0.3 is 0 Å². The quantitative estimate of drug-likeness (QED) is 0.474. The van der Waals surface area contributed by atoms with Crippen molar-refractivity contribution in [3.05, 3.63) is 11.6 Å². The number of hydrogen-bond acceptors (Lipinski definition) is 1. The molecule has 0 saturated carbocycles. The van der Waals surface area contributed by atoms with Crippen LogP contribution in [0.2, 0.25) is 0 Å². The highest BCUT2D eigenvalue weighted by Gasteiger charge is 2.10. The van der Waals surface area contributed by atoms with Gasteiger partial charge in [-0.05, 0) is 35.7 Å². The molecule has 0 aliphatic heterocycles. The Balaban J connectivity index is 3.74. The van der Waals surface area contributed by atoms with Crippen molar-refractivity contribution in [3.8, 4) is 0 Å². The van der Waals surface area contributed by atoms with Gasteiger partial charge in [0, 0.05) is 0 Å². The highest BCUT2D eigenvalue weighted by molar-refractivity contribution is 7.99. The Morgan fingerprint density at radius 3 is 2.00 bits per heavy atom. The molecule has 0 aromatic carbocycles. The monoisotopic (exact) mass is 228 g/mol. The molecule has 0 aliphatic carbocycles. The molecule has 0 aromatic rings. The second-order valence-electron chi connectivity index (χ2n) is 6.72. The van der Waals surface area contributed by atoms with Gasteiger partial charge in [-0.2, -0.15) is 11.8 Å². The third kappa shape index (κ3) is 12.0. The molecule has 0 spiro atoms. The van der Waals surface area contributed by atoms with Gasteiger partial charge in [0.2, 0.25) is 0 Å². The van der Waals surface area contributed by atoms with Gasteiger partial charge in [0.15, 0.2) is 0 Å². The SMILES string of the molecule is C/C(=C/C(C)(C)C)CCSCC(C)(C)C. The maximum Gasteiger partial charge on any atom is -0.00186 e. The van der Waals surface area contributed by atoms with Crippen molar-refractivity contribution in [1.82, 2.24) is 0 Å². The van der Waals surface area contributed by atoms with Crippen LogP contribution >= 0.6 is 11.8 Å². The van der Waals surface area contributed by atoms with Crippen LogP contribution in [0, 0.1) is 10.8 Å². The molecule has 0 aromatic heterocycles. The molecule has 15 heavy (non-hydrogen) atoms. The molecular weight excluding hydrogens is 200 g/mol. The Morgan fingerprint density at radius 2 is 1.60 bits per heavy atom. The second-order valence-corrected chi connectivity index (χ2v) is 7.83. The zero-order valence-electron chi connectivity index (χ0n) is 11.6. The van der Waals surface area contributed by atoms with Crippen LogP contribution in [-0.2, 0) is 0 Å². The first-order chi connectivity index (χ1) is 6.60. The van der Waals surface area contributed by atoms with Crippen LogP contribution in [0.4, 0.5) is 0 Å². The highest BCUT2D eigenvalue weighted by Crippen LogP contribution is 2.23. The molecule has 0 rings (SSSR count). The summed E-state index contributed by atoms with van der Waals surface area (Å²) in [5.74, 6) is 2.52. The summed E-state index contributed by atoms with van der Waals surface area (Å²) in [6.45, 7) is 16.0. The molecule has 0 atom stereocenters. The Hall–Kier alpha value is 0.0900. The number of allylic oxidation sites excluding steroid dienone is 2. The van der Waals surface area contributed by atoms with E-state index in [4.69, 9.17) is 0 Å². The third-order valence-electron chi connectivity index (χ3n) is 1.86. The maximum atomic E-state index is 2.39. The summed E-state index contributed by atoms with van der Waals surface area (Å²) < 4.78 is 0. The summed E-state index contributed by atoms with van der Waals surface area (Å²) in [4.78, 5) is 0. The molecule has 0 nitrogen and oxygen atoms in total. The number of hydrogen-bond donors (Lipinski definition) is 0. The number of rotatable bonds is 4. The van der Waals surface area contributed by atoms with E-state index in [9.17, 15) is 0 Å². The van der Waals surface area contributed by atoms with Crippen LogP contribution in [0.3, 0.4) is 0 Å². The lowest BCUT2D eigenvalue weighted by molar-refractivity contribution is 0.480. The molecule has 0 fully saturated rings. The largest absolute Gasteiger partial charge is 0.161 e. The molecule has 0 bridgehead atoms. The van der Waals surface area contributed by atoms with Gasteiger partial charge in [0.05, 0.1) is 0 Å². The fourth-order valence-electron chi connectivity index (χ4n) is 1.42. The predicted octanol–water partition coefficient (Wildman–Crippen LogP) is 5.15. The van der Waals surface area contributed by atoms with Crippen molar-refractivity contribution in [1.29, 1.82) is 0 Å². The molecule has 0 radical (unpaired) electrons. The lowest BCUT2D eigenvalue weighted by atomic mass is 9.93. The molecule has 0 heterocycles. The summed E-state index contributed by atoms with van der Waals surface area (Å²) >= 11 is 2.07. The molecule has 1 heteroatoms. The minimum absolute atomic E-state index is 0.332. The van der Waals surface area contributed by atoms with Crippen molar-refractivity contribution >= 4 is 11.8 Å². The van der Waals surface area contributed by atoms with Crippen molar-refractivity contribution in [2.45, 2.75) is 54.9 Å². The summed E-state index contributed by atoms with van der Waals surface area (Å²) in [7, 11) is 0. The first-order valence-corrected chi connectivity index (χ1v) is 7.02. The minimum atomic E-state index is 0.332. The maximum absolute atomic E-state index is 2.39. The topological polar surface area (TPSA) is 0 Å². The molecule has 0 saturated heterocycles. The van der Waals surface area contributed by atoms with Gasteiger partial charge in [-0.25, -0.2) is 0 Å². The predicted molar refractivity (Wildman–Crippen MR) is 74.6 cm³/mol. The van der Waals surface area contributed by atoms with Crippen LogP contribution in [0.15, 0.2) is 11.6 Å². The highest BCUT2D eigenvalue weighted by atomic mass is 32.2. The molecule has 0 aliphatic rings. The van der Waals surface area contributed by atoms with E-state index < -0.39 is 0 Å². The summed E-state index contributed by atoms with van der Waals surface area (Å²) in [6, 6.07) is 0. The Labute approximate surface area is 101 Å². The van der Waals surface area contributed by atoms with E-state index in [0.29, 0.717) is 10.8 Å². The van der Waals surface area contributed by atoms with E-state index in [2.05, 4.69) is 66.3 Å². The van der Waals surface area contributed by atoms with E-state index in [1.54, 1.807) is 0 Å². The molecule has 0 unspecified atom stereocenters. The van der Waals surface area contributed by atoms with Crippen LogP contribution in [0.25, 0.3) is 0 Å². The van der Waals surface area contributed by atoms with Crippen molar-refractivity contribution < 1.29 is 0 Å². The van der Waals surface area contributed by atoms with E-state index >= 15 is 0 Å². The Morgan fingerprint density at radius 1 is 1.07 bits per heavy atom. The van der Waals surface area contributed by atoms with Gasteiger partial charge in [-0.3, -0.25) is 0 Å². The molecule has 0 amide bonds. The zero-order valence-corrected chi connectivity index (χ0v) is 12.4. The van der Waals surface area contributed by atoms with Crippen molar-refractivity contribution in [2.75, 3.05) is 11.5 Å².